The van der Waals surface area contributed by atoms with Crippen molar-refractivity contribution in [3.05, 3.63) is 102 Å². The van der Waals surface area contributed by atoms with E-state index in [4.69, 9.17) is 9.47 Å². The summed E-state index contributed by atoms with van der Waals surface area (Å²) < 4.78 is 25.1. The van der Waals surface area contributed by atoms with Crippen LogP contribution in [0.5, 0.6) is 11.5 Å². The van der Waals surface area contributed by atoms with Crippen LogP contribution in [0.2, 0.25) is 0 Å². The highest BCUT2D eigenvalue weighted by atomic mass is 19.1. The van der Waals surface area contributed by atoms with Gasteiger partial charge >= 0.3 is 0 Å². The number of methoxy groups -OCH3 is 1. The minimum Gasteiger partial charge on any atom is -0.493 e. The molecule has 0 radical (unpaired) electrons. The van der Waals surface area contributed by atoms with E-state index in [1.54, 1.807) is 24.3 Å². The molecular weight excluding hydrogens is 461 g/mol. The number of anilines is 1. The monoisotopic (exact) mass is 485 g/mol. The molecule has 0 saturated carbocycles. The van der Waals surface area contributed by atoms with Gasteiger partial charge in [-0.25, -0.2) is 9.82 Å². The Morgan fingerprint density at radius 2 is 1.69 bits per heavy atom. The SMILES string of the molecule is COc1cc(C=NNC(=O)CC(=O)Nc2ccccc2F)ccc1OCc1cccc2ccccc12. The first kappa shape index (κ1) is 24.4. The van der Waals surface area contributed by atoms with Crippen molar-refractivity contribution in [3.8, 4) is 11.5 Å². The summed E-state index contributed by atoms with van der Waals surface area (Å²) in [5, 5.41) is 8.49. The number of carbonyl (C=O) groups is 2. The zero-order valence-electron chi connectivity index (χ0n) is 19.5. The molecule has 0 saturated heterocycles. The number of hydrazone groups is 1. The summed E-state index contributed by atoms with van der Waals surface area (Å²) in [5.41, 5.74) is 4.00. The van der Waals surface area contributed by atoms with Gasteiger partial charge < -0.3 is 14.8 Å². The molecule has 0 fully saturated rings. The lowest BCUT2D eigenvalue weighted by Crippen LogP contribution is -2.24. The van der Waals surface area contributed by atoms with Gasteiger partial charge in [-0.1, -0.05) is 54.6 Å². The molecule has 0 bridgehead atoms. The molecule has 0 aromatic heterocycles. The Labute approximate surface area is 207 Å². The van der Waals surface area contributed by atoms with Crippen LogP contribution in [-0.2, 0) is 16.2 Å². The zero-order chi connectivity index (χ0) is 25.3. The fourth-order valence-electron chi connectivity index (χ4n) is 3.58. The van der Waals surface area contributed by atoms with E-state index in [1.165, 1.54) is 31.5 Å². The summed E-state index contributed by atoms with van der Waals surface area (Å²) in [4.78, 5) is 23.9. The van der Waals surface area contributed by atoms with Crippen molar-refractivity contribution in [3.63, 3.8) is 0 Å². The lowest BCUT2D eigenvalue weighted by atomic mass is 10.1. The van der Waals surface area contributed by atoms with Crippen LogP contribution in [0, 0.1) is 5.82 Å². The van der Waals surface area contributed by atoms with Gasteiger partial charge in [-0.05, 0) is 52.2 Å². The molecule has 7 nitrogen and oxygen atoms in total. The Balaban J connectivity index is 1.33. The van der Waals surface area contributed by atoms with Gasteiger partial charge in [0.25, 0.3) is 0 Å². The molecule has 0 aliphatic carbocycles. The lowest BCUT2D eigenvalue weighted by molar-refractivity contribution is -0.126. The Morgan fingerprint density at radius 1 is 0.917 bits per heavy atom. The topological polar surface area (TPSA) is 89.0 Å². The van der Waals surface area contributed by atoms with E-state index in [1.807, 2.05) is 24.3 Å². The van der Waals surface area contributed by atoms with Crippen LogP contribution < -0.4 is 20.2 Å². The summed E-state index contributed by atoms with van der Waals surface area (Å²) in [6.45, 7) is 0.371. The first-order chi connectivity index (χ1) is 17.5. The third-order valence-corrected chi connectivity index (χ3v) is 5.32. The Morgan fingerprint density at radius 3 is 2.53 bits per heavy atom. The van der Waals surface area contributed by atoms with Crippen molar-refractivity contribution in [2.45, 2.75) is 13.0 Å². The number of nitrogens with zero attached hydrogens (tertiary/aromatic N) is 1. The molecule has 2 N–H and O–H groups in total. The van der Waals surface area contributed by atoms with E-state index in [0.717, 1.165) is 16.3 Å². The third-order valence-electron chi connectivity index (χ3n) is 5.32. The molecule has 4 rings (SSSR count). The summed E-state index contributed by atoms with van der Waals surface area (Å²) in [5.74, 6) is -0.793. The molecule has 0 aliphatic heterocycles. The molecule has 182 valence electrons. The van der Waals surface area contributed by atoms with E-state index >= 15 is 0 Å². The number of hydrogen-bond donors (Lipinski definition) is 2. The summed E-state index contributed by atoms with van der Waals surface area (Å²) >= 11 is 0. The van der Waals surface area contributed by atoms with Crippen LogP contribution in [0.15, 0.2) is 90.0 Å². The second kappa shape index (κ2) is 11.6. The number of ether oxygens (including phenoxy) is 2. The van der Waals surface area contributed by atoms with Crippen molar-refractivity contribution in [1.29, 1.82) is 0 Å². The third kappa shape index (κ3) is 6.24. The smallest absolute Gasteiger partial charge is 0.249 e. The maximum atomic E-state index is 13.6. The first-order valence-electron chi connectivity index (χ1n) is 11.2. The van der Waals surface area contributed by atoms with E-state index in [0.29, 0.717) is 23.7 Å². The van der Waals surface area contributed by atoms with Gasteiger partial charge in [-0.2, -0.15) is 5.10 Å². The number of rotatable bonds is 9. The lowest BCUT2D eigenvalue weighted by Gasteiger charge is -2.12. The van der Waals surface area contributed by atoms with Crippen LogP contribution >= 0.6 is 0 Å². The minimum atomic E-state index is -0.651. The van der Waals surface area contributed by atoms with Crippen molar-refractivity contribution < 1.29 is 23.5 Å². The molecule has 0 heterocycles. The summed E-state index contributed by atoms with van der Waals surface area (Å²) in [7, 11) is 1.54. The van der Waals surface area contributed by atoms with E-state index in [9.17, 15) is 14.0 Å². The number of benzene rings is 4. The van der Waals surface area contributed by atoms with Crippen LogP contribution in [0.3, 0.4) is 0 Å². The maximum Gasteiger partial charge on any atom is 0.249 e. The number of amides is 2. The van der Waals surface area contributed by atoms with E-state index in [-0.39, 0.29) is 5.69 Å². The van der Waals surface area contributed by atoms with Gasteiger partial charge in [0, 0.05) is 0 Å². The van der Waals surface area contributed by atoms with Crippen molar-refractivity contribution in [1.82, 2.24) is 5.43 Å². The number of halogens is 1. The van der Waals surface area contributed by atoms with Crippen molar-refractivity contribution >= 4 is 34.5 Å². The van der Waals surface area contributed by atoms with E-state index < -0.39 is 24.1 Å². The fourth-order valence-corrected chi connectivity index (χ4v) is 3.58. The highest BCUT2D eigenvalue weighted by Crippen LogP contribution is 2.29. The second-order valence-electron chi connectivity index (χ2n) is 7.84. The van der Waals surface area contributed by atoms with Gasteiger partial charge in [0.1, 0.15) is 18.8 Å². The highest BCUT2D eigenvalue weighted by Gasteiger charge is 2.11. The molecular formula is C28H24FN3O4. The highest BCUT2D eigenvalue weighted by molar-refractivity contribution is 6.03. The molecule has 8 heteroatoms. The number of para-hydroxylation sites is 1. The Kier molecular flexibility index (Phi) is 7.87. The summed E-state index contributed by atoms with van der Waals surface area (Å²) in [6.07, 6.45) is 0.916. The van der Waals surface area contributed by atoms with E-state index in [2.05, 4.69) is 34.0 Å². The average molecular weight is 486 g/mol. The molecule has 0 unspecified atom stereocenters. The van der Waals surface area contributed by atoms with Crippen LogP contribution in [0.25, 0.3) is 10.8 Å². The quantitative estimate of drug-likeness (QED) is 0.197. The molecule has 4 aromatic carbocycles. The normalized spacial score (nSPS) is 10.8. The number of hydrogen-bond acceptors (Lipinski definition) is 5. The fraction of sp³-hybridized carbons (Fsp3) is 0.107. The molecule has 0 aliphatic rings. The van der Waals surface area contributed by atoms with Crippen molar-refractivity contribution in [2.75, 3.05) is 12.4 Å². The molecule has 2 amide bonds. The van der Waals surface area contributed by atoms with Crippen LogP contribution in [-0.4, -0.2) is 25.1 Å². The van der Waals surface area contributed by atoms with Crippen LogP contribution in [0.4, 0.5) is 10.1 Å². The van der Waals surface area contributed by atoms with Gasteiger partial charge in [-0.15, -0.1) is 0 Å². The molecule has 0 atom stereocenters. The Hall–Kier alpha value is -4.72. The molecule has 36 heavy (non-hydrogen) atoms. The summed E-state index contributed by atoms with van der Waals surface area (Å²) in [6, 6.07) is 25.1. The van der Waals surface area contributed by atoms with Gasteiger partial charge in [-0.3, -0.25) is 9.59 Å². The number of nitrogens with one attached hydrogen (secondary N) is 2. The van der Waals surface area contributed by atoms with Gasteiger partial charge in [0.05, 0.1) is 19.0 Å². The largest absolute Gasteiger partial charge is 0.493 e. The van der Waals surface area contributed by atoms with Crippen LogP contribution in [0.1, 0.15) is 17.5 Å². The van der Waals surface area contributed by atoms with Gasteiger partial charge in [0.15, 0.2) is 11.5 Å². The predicted molar refractivity (Wildman–Crippen MR) is 137 cm³/mol. The number of fused-ring (bicyclic) bond motifs is 1. The molecule has 0 spiro atoms. The van der Waals surface area contributed by atoms with Gasteiger partial charge in [0.2, 0.25) is 11.8 Å². The average Bonchev–Trinajstić information content (AvgIpc) is 2.89. The number of carbonyl (C=O) groups excluding carboxylic acids is 2. The van der Waals surface area contributed by atoms with Crippen molar-refractivity contribution in [2.24, 2.45) is 5.10 Å². The Bertz CT molecular complexity index is 1420. The second-order valence-corrected chi connectivity index (χ2v) is 7.84. The maximum absolute atomic E-state index is 13.6. The molecule has 4 aromatic rings. The first-order valence-corrected chi connectivity index (χ1v) is 11.2. The standard InChI is InChI=1S/C28H24FN3O4/c1-35-26-15-19(17-30-32-28(34)16-27(33)31-24-12-5-4-11-23(24)29)13-14-25(26)36-18-21-9-6-8-20-7-2-3-10-22(20)21/h2-15,17H,16,18H2,1H3,(H,31,33)(H,32,34). The predicted octanol–water partition coefficient (Wildman–Crippen LogP) is 5.05. The zero-order valence-corrected chi connectivity index (χ0v) is 19.5. The minimum absolute atomic E-state index is 0.00801.